The van der Waals surface area contributed by atoms with E-state index in [1.54, 1.807) is 29.7 Å². The van der Waals surface area contributed by atoms with E-state index >= 15 is 0 Å². The maximum absolute atomic E-state index is 6.18. The van der Waals surface area contributed by atoms with Gasteiger partial charge in [-0.15, -0.1) is 22.7 Å². The lowest BCUT2D eigenvalue weighted by Crippen LogP contribution is -1.88. The number of nitrogens with one attached hydrogen (secondary N) is 1. The van der Waals surface area contributed by atoms with Gasteiger partial charge < -0.3 is 0 Å². The molecule has 106 valence electrons. The summed E-state index contributed by atoms with van der Waals surface area (Å²) in [5.74, 6) is 0. The van der Waals surface area contributed by atoms with Crippen LogP contribution in [0.5, 0.6) is 0 Å². The highest BCUT2D eigenvalue weighted by atomic mass is 35.5. The number of thiophene rings is 1. The lowest BCUT2D eigenvalue weighted by molar-refractivity contribution is 1.29. The van der Waals surface area contributed by atoms with Crippen molar-refractivity contribution in [2.24, 2.45) is 5.10 Å². The zero-order chi connectivity index (χ0) is 14.7. The molecule has 3 rings (SSSR count). The van der Waals surface area contributed by atoms with Crippen LogP contribution in [0.25, 0.3) is 11.3 Å². The Hall–Kier alpha value is -1.40. The van der Waals surface area contributed by atoms with Crippen molar-refractivity contribution in [3.63, 3.8) is 0 Å². The molecule has 0 saturated carbocycles. The summed E-state index contributed by atoms with van der Waals surface area (Å²) in [4.78, 5) is 5.54. The lowest BCUT2D eigenvalue weighted by Gasteiger charge is -2.00. The molecule has 1 N–H and O–H groups in total. The van der Waals surface area contributed by atoms with Gasteiger partial charge in [0.25, 0.3) is 0 Å². The summed E-state index contributed by atoms with van der Waals surface area (Å²) in [6.07, 6.45) is 1.76. The maximum Gasteiger partial charge on any atom is 0.203 e. The average Bonchev–Trinajstić information content (AvgIpc) is 3.10. The van der Waals surface area contributed by atoms with E-state index in [-0.39, 0.29) is 0 Å². The lowest BCUT2D eigenvalue weighted by atomic mass is 10.2. The third-order valence-corrected chi connectivity index (χ3v) is 4.71. The molecule has 2 aromatic heterocycles. The van der Waals surface area contributed by atoms with Crippen LogP contribution < -0.4 is 5.43 Å². The second-order valence-corrected chi connectivity index (χ2v) is 6.73. The molecule has 0 aliphatic carbocycles. The normalized spacial score (nSPS) is 11.1. The average molecular weight is 354 g/mol. The predicted molar refractivity (Wildman–Crippen MR) is 93.1 cm³/mol. The number of aromatic nitrogens is 1. The highest BCUT2D eigenvalue weighted by Gasteiger charge is 2.08. The van der Waals surface area contributed by atoms with Gasteiger partial charge in [-0.1, -0.05) is 29.3 Å². The van der Waals surface area contributed by atoms with Gasteiger partial charge in [0, 0.05) is 20.8 Å². The van der Waals surface area contributed by atoms with E-state index in [1.807, 2.05) is 29.0 Å². The van der Waals surface area contributed by atoms with E-state index in [4.69, 9.17) is 23.2 Å². The fourth-order valence-electron chi connectivity index (χ4n) is 1.66. The largest absolute Gasteiger partial charge is 0.253 e. The van der Waals surface area contributed by atoms with Crippen LogP contribution in [-0.2, 0) is 0 Å². The molecule has 3 aromatic rings. The summed E-state index contributed by atoms with van der Waals surface area (Å²) >= 11 is 15.2. The number of hydrogen-bond donors (Lipinski definition) is 1. The minimum atomic E-state index is 0.585. The number of hydrazone groups is 1. The Labute approximate surface area is 139 Å². The first-order valence-electron chi connectivity index (χ1n) is 5.96. The summed E-state index contributed by atoms with van der Waals surface area (Å²) in [6.45, 7) is 0. The van der Waals surface area contributed by atoms with Gasteiger partial charge in [0.15, 0.2) is 0 Å². The molecule has 0 saturated heterocycles. The fourth-order valence-corrected chi connectivity index (χ4v) is 3.41. The summed E-state index contributed by atoms with van der Waals surface area (Å²) < 4.78 is 0. The first kappa shape index (κ1) is 14.5. The number of thiazole rings is 1. The fraction of sp³-hybridized carbons (Fsp3) is 0. The van der Waals surface area contributed by atoms with E-state index in [1.165, 1.54) is 11.3 Å². The second kappa shape index (κ2) is 6.58. The van der Waals surface area contributed by atoms with Crippen molar-refractivity contribution in [2.45, 2.75) is 0 Å². The van der Waals surface area contributed by atoms with Crippen molar-refractivity contribution in [1.29, 1.82) is 0 Å². The van der Waals surface area contributed by atoms with Crippen LogP contribution in [-0.4, -0.2) is 11.2 Å². The van der Waals surface area contributed by atoms with Crippen LogP contribution in [0.1, 0.15) is 4.88 Å². The van der Waals surface area contributed by atoms with Gasteiger partial charge in [-0.3, -0.25) is 5.43 Å². The number of hydrogen-bond acceptors (Lipinski definition) is 5. The minimum Gasteiger partial charge on any atom is -0.253 e. The molecule has 0 amide bonds. The van der Waals surface area contributed by atoms with Gasteiger partial charge in [0.05, 0.1) is 16.9 Å². The van der Waals surface area contributed by atoms with Crippen molar-refractivity contribution < 1.29 is 0 Å². The quantitative estimate of drug-likeness (QED) is 0.487. The Bertz CT molecular complexity index is 766. The van der Waals surface area contributed by atoms with E-state index in [0.29, 0.717) is 15.2 Å². The number of rotatable bonds is 4. The SMILES string of the molecule is Clc1ccc(-c2csc(N/N=C/c3cccs3)n2)c(Cl)c1. The number of anilines is 1. The molecule has 3 nitrogen and oxygen atoms in total. The van der Waals surface area contributed by atoms with E-state index < -0.39 is 0 Å². The molecule has 0 atom stereocenters. The van der Waals surface area contributed by atoms with Gasteiger partial charge >= 0.3 is 0 Å². The molecule has 0 bridgehead atoms. The van der Waals surface area contributed by atoms with Gasteiger partial charge in [-0.05, 0) is 29.6 Å². The number of nitrogens with zero attached hydrogens (tertiary/aromatic N) is 2. The summed E-state index contributed by atoms with van der Waals surface area (Å²) in [5.41, 5.74) is 4.57. The third-order valence-electron chi connectivity index (χ3n) is 2.61. The first-order chi connectivity index (χ1) is 10.2. The van der Waals surface area contributed by atoms with Gasteiger partial charge in [-0.2, -0.15) is 5.10 Å². The molecular weight excluding hydrogens is 345 g/mol. The number of benzene rings is 1. The van der Waals surface area contributed by atoms with Crippen LogP contribution in [0.15, 0.2) is 46.2 Å². The van der Waals surface area contributed by atoms with Crippen LogP contribution in [0.4, 0.5) is 5.13 Å². The van der Waals surface area contributed by atoms with Crippen molar-refractivity contribution in [2.75, 3.05) is 5.43 Å². The Morgan fingerprint density at radius 1 is 1.19 bits per heavy atom. The molecule has 0 aliphatic heterocycles. The van der Waals surface area contributed by atoms with Crippen molar-refractivity contribution in [3.8, 4) is 11.3 Å². The summed E-state index contributed by atoms with van der Waals surface area (Å²) in [7, 11) is 0. The smallest absolute Gasteiger partial charge is 0.203 e. The van der Waals surface area contributed by atoms with E-state index in [9.17, 15) is 0 Å². The zero-order valence-corrected chi connectivity index (χ0v) is 13.7. The van der Waals surface area contributed by atoms with Crippen molar-refractivity contribution in [3.05, 3.63) is 56.0 Å². The molecule has 0 aliphatic rings. The maximum atomic E-state index is 6.18. The molecule has 0 radical (unpaired) electrons. The highest BCUT2D eigenvalue weighted by Crippen LogP contribution is 2.32. The van der Waals surface area contributed by atoms with Gasteiger partial charge in [-0.25, -0.2) is 4.98 Å². The Morgan fingerprint density at radius 2 is 2.10 bits per heavy atom. The predicted octanol–water partition coefficient (Wildman–Crippen LogP) is 5.62. The van der Waals surface area contributed by atoms with E-state index in [2.05, 4.69) is 15.5 Å². The zero-order valence-electron chi connectivity index (χ0n) is 10.6. The summed E-state index contributed by atoms with van der Waals surface area (Å²) in [6, 6.07) is 9.34. The van der Waals surface area contributed by atoms with Crippen molar-refractivity contribution >= 4 is 57.2 Å². The van der Waals surface area contributed by atoms with Crippen LogP contribution in [0.2, 0.25) is 10.0 Å². The molecular formula is C14H9Cl2N3S2. The van der Waals surface area contributed by atoms with Crippen LogP contribution in [0.3, 0.4) is 0 Å². The topological polar surface area (TPSA) is 37.3 Å². The molecule has 21 heavy (non-hydrogen) atoms. The number of halogens is 2. The minimum absolute atomic E-state index is 0.585. The van der Waals surface area contributed by atoms with Crippen LogP contribution >= 0.6 is 45.9 Å². The standard InChI is InChI=1S/C14H9Cl2N3S2/c15-9-3-4-11(12(16)6-9)13-8-21-14(18-13)19-17-7-10-2-1-5-20-10/h1-8H,(H,18,19)/b17-7+. The molecule has 1 aromatic carbocycles. The monoisotopic (exact) mass is 353 g/mol. The Balaban J connectivity index is 1.74. The Morgan fingerprint density at radius 3 is 2.86 bits per heavy atom. The third kappa shape index (κ3) is 3.63. The molecule has 7 heteroatoms. The second-order valence-electron chi connectivity index (χ2n) is 4.05. The molecule has 0 fully saturated rings. The van der Waals surface area contributed by atoms with Crippen LogP contribution in [0, 0.1) is 0 Å². The first-order valence-corrected chi connectivity index (χ1v) is 8.47. The molecule has 0 unspecified atom stereocenters. The van der Waals surface area contributed by atoms with Crippen molar-refractivity contribution in [1.82, 2.24) is 4.98 Å². The van der Waals surface area contributed by atoms with Gasteiger partial charge in [0.2, 0.25) is 5.13 Å². The highest BCUT2D eigenvalue weighted by molar-refractivity contribution is 7.14. The van der Waals surface area contributed by atoms with Gasteiger partial charge in [0.1, 0.15) is 0 Å². The van der Waals surface area contributed by atoms with E-state index in [0.717, 1.165) is 16.1 Å². The Kier molecular flexibility index (Phi) is 4.55. The molecule has 2 heterocycles. The summed E-state index contributed by atoms with van der Waals surface area (Å²) in [5, 5.41) is 10.00. The molecule has 0 spiro atoms.